The predicted octanol–water partition coefficient (Wildman–Crippen LogP) is 3.31. The number of ether oxygens (including phenoxy) is 1. The molecule has 10 heteroatoms. The van der Waals surface area contributed by atoms with E-state index in [1.54, 1.807) is 0 Å². The fraction of sp³-hybridized carbons (Fsp3) is 0.300. The quantitative estimate of drug-likeness (QED) is 0.700. The van der Waals surface area contributed by atoms with E-state index in [2.05, 4.69) is 10.1 Å². The number of hydrogen-bond acceptors (Lipinski definition) is 5. The Balaban J connectivity index is 1.75. The zero-order valence-corrected chi connectivity index (χ0v) is 17.7. The summed E-state index contributed by atoms with van der Waals surface area (Å²) in [7, 11) is -2.60. The molecule has 160 valence electrons. The first-order valence-corrected chi connectivity index (χ1v) is 11.0. The van der Waals surface area contributed by atoms with Gasteiger partial charge in [0.15, 0.2) is 0 Å². The van der Waals surface area contributed by atoms with Gasteiger partial charge < -0.3 is 10.1 Å². The Labute approximate surface area is 178 Å². The van der Waals surface area contributed by atoms with Gasteiger partial charge in [-0.3, -0.25) is 4.79 Å². The van der Waals surface area contributed by atoms with E-state index in [4.69, 9.17) is 11.6 Å². The lowest BCUT2D eigenvalue weighted by atomic mass is 9.98. The highest BCUT2D eigenvalue weighted by Crippen LogP contribution is 2.27. The molecule has 1 aliphatic rings. The number of sulfonamides is 1. The molecule has 1 atom stereocenters. The molecule has 1 heterocycles. The van der Waals surface area contributed by atoms with Crippen LogP contribution in [0.3, 0.4) is 0 Å². The number of hydrogen-bond donors (Lipinski definition) is 1. The summed E-state index contributed by atoms with van der Waals surface area (Å²) in [4.78, 5) is 24.4. The van der Waals surface area contributed by atoms with Crippen LogP contribution in [0.1, 0.15) is 23.2 Å². The van der Waals surface area contributed by atoms with Crippen LogP contribution in [-0.2, 0) is 19.6 Å². The SMILES string of the molecule is COC(=O)c1ccc(Cl)c(NC(=O)C2CCCN(S(=O)(=O)c3ccc(F)cc3)C2)c1. The summed E-state index contributed by atoms with van der Waals surface area (Å²) in [6, 6.07) is 8.91. The molecule has 0 aromatic heterocycles. The Morgan fingerprint density at radius 1 is 1.20 bits per heavy atom. The summed E-state index contributed by atoms with van der Waals surface area (Å²) in [6.45, 7) is 0.252. The van der Waals surface area contributed by atoms with Crippen molar-refractivity contribution in [3.8, 4) is 0 Å². The Kier molecular flexibility index (Phi) is 6.74. The molecule has 1 fully saturated rings. The highest BCUT2D eigenvalue weighted by molar-refractivity contribution is 7.89. The second-order valence-electron chi connectivity index (χ2n) is 6.83. The fourth-order valence-corrected chi connectivity index (χ4v) is 4.92. The standard InChI is InChI=1S/C20H20ClFN2O5S/c1-29-20(26)13-4-9-17(21)18(11-13)23-19(25)14-3-2-10-24(12-14)30(27,28)16-7-5-15(22)6-8-16/h4-9,11,14H,2-3,10,12H2,1H3,(H,23,25). The molecule has 0 aliphatic carbocycles. The Morgan fingerprint density at radius 2 is 1.90 bits per heavy atom. The topological polar surface area (TPSA) is 92.8 Å². The molecule has 0 saturated carbocycles. The third-order valence-corrected chi connectivity index (χ3v) is 7.06. The second-order valence-corrected chi connectivity index (χ2v) is 9.18. The van der Waals surface area contributed by atoms with E-state index in [9.17, 15) is 22.4 Å². The average Bonchev–Trinajstić information content (AvgIpc) is 2.75. The van der Waals surface area contributed by atoms with Crippen molar-refractivity contribution in [2.45, 2.75) is 17.7 Å². The molecule has 0 bridgehead atoms. The monoisotopic (exact) mass is 454 g/mol. The van der Waals surface area contributed by atoms with E-state index in [-0.39, 0.29) is 34.3 Å². The fourth-order valence-electron chi connectivity index (χ4n) is 3.23. The van der Waals surface area contributed by atoms with Gasteiger partial charge in [-0.25, -0.2) is 17.6 Å². The number of halogens is 2. The smallest absolute Gasteiger partial charge is 0.337 e. The molecule has 2 aromatic rings. The maximum atomic E-state index is 13.1. The molecule has 7 nitrogen and oxygen atoms in total. The Bertz CT molecular complexity index is 1060. The van der Waals surface area contributed by atoms with Crippen molar-refractivity contribution < 1.29 is 27.1 Å². The van der Waals surface area contributed by atoms with Gasteiger partial charge in [0.05, 0.1) is 34.2 Å². The molecule has 30 heavy (non-hydrogen) atoms. The highest BCUT2D eigenvalue weighted by Gasteiger charge is 2.33. The van der Waals surface area contributed by atoms with Crippen molar-refractivity contribution in [2.24, 2.45) is 5.92 Å². The lowest BCUT2D eigenvalue weighted by Crippen LogP contribution is -2.43. The van der Waals surface area contributed by atoms with E-state index in [1.165, 1.54) is 41.7 Å². The molecule has 1 N–H and O–H groups in total. The first-order valence-electron chi connectivity index (χ1n) is 9.17. The van der Waals surface area contributed by atoms with Gasteiger partial charge in [0, 0.05) is 13.1 Å². The van der Waals surface area contributed by atoms with Crippen LogP contribution >= 0.6 is 11.6 Å². The number of methoxy groups -OCH3 is 1. The van der Waals surface area contributed by atoms with E-state index in [0.717, 1.165) is 12.1 Å². The highest BCUT2D eigenvalue weighted by atomic mass is 35.5. The normalized spacial score (nSPS) is 17.4. The number of benzene rings is 2. The predicted molar refractivity (Wildman–Crippen MR) is 109 cm³/mol. The number of nitrogens with zero attached hydrogens (tertiary/aromatic N) is 1. The average molecular weight is 455 g/mol. The molecule has 0 radical (unpaired) electrons. The summed E-state index contributed by atoms with van der Waals surface area (Å²) in [5.41, 5.74) is 0.462. The molecule has 3 rings (SSSR count). The number of carbonyl (C=O) groups excluding carboxylic acids is 2. The minimum atomic E-state index is -3.85. The maximum Gasteiger partial charge on any atom is 0.337 e. The first-order chi connectivity index (χ1) is 14.2. The molecule has 2 aromatic carbocycles. The van der Waals surface area contributed by atoms with Crippen LogP contribution in [0.4, 0.5) is 10.1 Å². The molecule has 1 amide bonds. The number of amides is 1. The van der Waals surface area contributed by atoms with Gasteiger partial charge in [-0.15, -0.1) is 0 Å². The number of carbonyl (C=O) groups is 2. The molecular formula is C20H20ClFN2O5S. The molecule has 0 spiro atoms. The van der Waals surface area contributed by atoms with E-state index in [0.29, 0.717) is 12.8 Å². The van der Waals surface area contributed by atoms with Gasteiger partial charge in [-0.05, 0) is 55.3 Å². The van der Waals surface area contributed by atoms with E-state index < -0.39 is 33.6 Å². The van der Waals surface area contributed by atoms with Crippen LogP contribution < -0.4 is 5.32 Å². The van der Waals surface area contributed by atoms with Crippen molar-refractivity contribution in [3.63, 3.8) is 0 Å². The van der Waals surface area contributed by atoms with Crippen LogP contribution in [0, 0.1) is 11.7 Å². The Hall–Kier alpha value is -2.49. The number of rotatable bonds is 5. The van der Waals surface area contributed by atoms with Crippen LogP contribution in [0.5, 0.6) is 0 Å². The maximum absolute atomic E-state index is 13.1. The van der Waals surface area contributed by atoms with Crippen molar-refractivity contribution in [1.29, 1.82) is 0 Å². The third-order valence-electron chi connectivity index (χ3n) is 4.85. The van der Waals surface area contributed by atoms with Gasteiger partial charge in [-0.1, -0.05) is 11.6 Å². The molecule has 1 saturated heterocycles. The zero-order chi connectivity index (χ0) is 21.9. The second kappa shape index (κ2) is 9.11. The lowest BCUT2D eigenvalue weighted by Gasteiger charge is -2.31. The summed E-state index contributed by atoms with van der Waals surface area (Å²) in [6.07, 6.45) is 0.990. The Morgan fingerprint density at radius 3 is 2.57 bits per heavy atom. The van der Waals surface area contributed by atoms with Crippen molar-refractivity contribution in [3.05, 3.63) is 58.9 Å². The first kappa shape index (κ1) is 22.2. The van der Waals surface area contributed by atoms with Gasteiger partial charge >= 0.3 is 5.97 Å². The van der Waals surface area contributed by atoms with Crippen LogP contribution in [0.15, 0.2) is 47.4 Å². The summed E-state index contributed by atoms with van der Waals surface area (Å²) in [5, 5.41) is 2.91. The van der Waals surface area contributed by atoms with Crippen LogP contribution in [0.2, 0.25) is 5.02 Å². The third kappa shape index (κ3) is 4.80. The van der Waals surface area contributed by atoms with E-state index in [1.807, 2.05) is 0 Å². The van der Waals surface area contributed by atoms with Gasteiger partial charge in [0.25, 0.3) is 0 Å². The molecule has 1 aliphatic heterocycles. The minimum absolute atomic E-state index is 0.0140. The number of anilines is 1. The van der Waals surface area contributed by atoms with Crippen LogP contribution in [-0.4, -0.2) is 44.8 Å². The summed E-state index contributed by atoms with van der Waals surface area (Å²) >= 11 is 6.12. The lowest BCUT2D eigenvalue weighted by molar-refractivity contribution is -0.120. The minimum Gasteiger partial charge on any atom is -0.465 e. The number of nitrogens with one attached hydrogen (secondary N) is 1. The summed E-state index contributed by atoms with van der Waals surface area (Å²) < 4.78 is 44.7. The largest absolute Gasteiger partial charge is 0.465 e. The van der Waals surface area contributed by atoms with E-state index >= 15 is 0 Å². The zero-order valence-electron chi connectivity index (χ0n) is 16.1. The van der Waals surface area contributed by atoms with Gasteiger partial charge in [-0.2, -0.15) is 4.31 Å². The van der Waals surface area contributed by atoms with Gasteiger partial charge in [0.2, 0.25) is 15.9 Å². The van der Waals surface area contributed by atoms with Crippen molar-refractivity contribution in [1.82, 2.24) is 4.31 Å². The number of piperidine rings is 1. The van der Waals surface area contributed by atoms with Gasteiger partial charge in [0.1, 0.15) is 5.82 Å². The van der Waals surface area contributed by atoms with Crippen molar-refractivity contribution >= 4 is 39.2 Å². The summed E-state index contributed by atoms with van der Waals surface area (Å²) in [5.74, 6) is -2.11. The van der Waals surface area contributed by atoms with Crippen LogP contribution in [0.25, 0.3) is 0 Å². The van der Waals surface area contributed by atoms with Crippen molar-refractivity contribution in [2.75, 3.05) is 25.5 Å². The molecule has 1 unspecified atom stereocenters. The number of esters is 1. The molecular weight excluding hydrogens is 435 g/mol.